The van der Waals surface area contributed by atoms with Gasteiger partial charge in [-0.2, -0.15) is 0 Å². The molecule has 1 aliphatic rings. The zero-order chi connectivity index (χ0) is 23.2. The SMILES string of the molecule is C/C=C/CC[C@@H](C[C@@H]1OC(=O)[C@H]1CCCCCC)OC(=O)[C@H](Cc1ccccc1)NC=O. The molecule has 0 aliphatic carbocycles. The number of hydrogen-bond acceptors (Lipinski definition) is 5. The van der Waals surface area contributed by atoms with Crippen LogP contribution in [0.3, 0.4) is 0 Å². The molecule has 1 aromatic carbocycles. The minimum atomic E-state index is -0.757. The first kappa shape index (κ1) is 25.6. The Morgan fingerprint density at radius 3 is 2.66 bits per heavy atom. The Balaban J connectivity index is 1.97. The van der Waals surface area contributed by atoms with Gasteiger partial charge >= 0.3 is 11.9 Å². The van der Waals surface area contributed by atoms with Crippen molar-refractivity contribution in [1.29, 1.82) is 0 Å². The molecule has 0 radical (unpaired) electrons. The van der Waals surface area contributed by atoms with Gasteiger partial charge in [0.1, 0.15) is 18.2 Å². The standard InChI is InChI=1S/C26H37NO5/c1-3-5-7-12-16-22-24(32-25(22)29)18-21(15-9-6-4-2)31-26(30)23(27-19-28)17-20-13-10-8-11-14-20/h4,6,8,10-11,13-14,19,21-24H,3,5,7,9,12,15-18H2,1-2H3,(H,27,28)/b6-4+/t21-,22-,23-,24-/m0/s1. The molecule has 0 aromatic heterocycles. The zero-order valence-corrected chi connectivity index (χ0v) is 19.3. The van der Waals surface area contributed by atoms with E-state index in [1.165, 1.54) is 6.42 Å². The Hall–Kier alpha value is -2.63. The van der Waals surface area contributed by atoms with E-state index in [1.807, 2.05) is 49.4 Å². The van der Waals surface area contributed by atoms with Crippen LogP contribution in [-0.2, 0) is 30.3 Å². The Bertz CT molecular complexity index is 733. The predicted octanol–water partition coefficient (Wildman–Crippen LogP) is 4.51. The number of benzene rings is 1. The molecular weight excluding hydrogens is 406 g/mol. The van der Waals surface area contributed by atoms with E-state index in [2.05, 4.69) is 12.2 Å². The number of esters is 2. The smallest absolute Gasteiger partial charge is 0.329 e. The van der Waals surface area contributed by atoms with Gasteiger partial charge in [-0.25, -0.2) is 4.79 Å². The van der Waals surface area contributed by atoms with Gasteiger partial charge in [0.05, 0.1) is 5.92 Å². The van der Waals surface area contributed by atoms with E-state index < -0.39 is 12.0 Å². The molecular formula is C26H37NO5. The van der Waals surface area contributed by atoms with Crippen LogP contribution >= 0.6 is 0 Å². The van der Waals surface area contributed by atoms with Crippen LogP contribution in [0.1, 0.15) is 70.8 Å². The van der Waals surface area contributed by atoms with Gasteiger partial charge in [0.25, 0.3) is 0 Å². The molecule has 32 heavy (non-hydrogen) atoms. The normalized spacial score (nSPS) is 19.6. The Morgan fingerprint density at radius 2 is 2.00 bits per heavy atom. The molecule has 6 nitrogen and oxygen atoms in total. The minimum Gasteiger partial charge on any atom is -0.461 e. The Labute approximate surface area is 191 Å². The molecule has 1 heterocycles. The van der Waals surface area contributed by atoms with Crippen LogP contribution in [0, 0.1) is 5.92 Å². The van der Waals surface area contributed by atoms with Gasteiger partial charge in [-0.15, -0.1) is 0 Å². The van der Waals surface area contributed by atoms with E-state index in [9.17, 15) is 14.4 Å². The maximum Gasteiger partial charge on any atom is 0.329 e. The fraction of sp³-hybridized carbons (Fsp3) is 0.577. The van der Waals surface area contributed by atoms with Gasteiger partial charge < -0.3 is 14.8 Å². The van der Waals surface area contributed by atoms with Crippen LogP contribution in [0.5, 0.6) is 0 Å². The molecule has 4 atom stereocenters. The highest BCUT2D eigenvalue weighted by molar-refractivity contribution is 5.79. The highest BCUT2D eigenvalue weighted by Crippen LogP contribution is 2.32. The second-order valence-electron chi connectivity index (χ2n) is 8.40. The van der Waals surface area contributed by atoms with E-state index in [0.29, 0.717) is 25.7 Å². The fourth-order valence-corrected chi connectivity index (χ4v) is 4.03. The van der Waals surface area contributed by atoms with Crippen LogP contribution in [0.4, 0.5) is 0 Å². The van der Waals surface area contributed by atoms with Crippen molar-refractivity contribution < 1.29 is 23.9 Å². The van der Waals surface area contributed by atoms with E-state index in [4.69, 9.17) is 9.47 Å². The molecule has 1 amide bonds. The zero-order valence-electron chi connectivity index (χ0n) is 19.3. The minimum absolute atomic E-state index is 0.108. The molecule has 0 saturated carbocycles. The first-order valence-electron chi connectivity index (χ1n) is 11.8. The molecule has 0 spiro atoms. The first-order chi connectivity index (χ1) is 15.6. The monoisotopic (exact) mass is 443 g/mol. The topological polar surface area (TPSA) is 81.7 Å². The van der Waals surface area contributed by atoms with Crippen LogP contribution in [-0.4, -0.2) is 36.6 Å². The maximum atomic E-state index is 12.9. The number of ether oxygens (including phenoxy) is 2. The number of carbonyl (C=O) groups is 3. The predicted molar refractivity (Wildman–Crippen MR) is 124 cm³/mol. The fourth-order valence-electron chi connectivity index (χ4n) is 4.03. The van der Waals surface area contributed by atoms with Crippen LogP contribution in [0.15, 0.2) is 42.5 Å². The van der Waals surface area contributed by atoms with Crippen LogP contribution in [0.2, 0.25) is 0 Å². The molecule has 176 valence electrons. The first-order valence-corrected chi connectivity index (χ1v) is 11.8. The number of nitrogens with one attached hydrogen (secondary N) is 1. The molecule has 0 bridgehead atoms. The summed E-state index contributed by atoms with van der Waals surface area (Å²) in [7, 11) is 0. The number of amides is 1. The third-order valence-electron chi connectivity index (χ3n) is 5.89. The third kappa shape index (κ3) is 8.48. The van der Waals surface area contributed by atoms with Crippen molar-refractivity contribution >= 4 is 18.3 Å². The summed E-state index contributed by atoms with van der Waals surface area (Å²) < 4.78 is 11.2. The number of cyclic esters (lactones) is 1. The second-order valence-corrected chi connectivity index (χ2v) is 8.40. The summed E-state index contributed by atoms with van der Waals surface area (Å²) in [5.74, 6) is -0.714. The number of carbonyl (C=O) groups excluding carboxylic acids is 3. The van der Waals surface area contributed by atoms with Crippen molar-refractivity contribution in [2.24, 2.45) is 5.92 Å². The molecule has 1 N–H and O–H groups in total. The van der Waals surface area contributed by atoms with Gasteiger partial charge in [0.15, 0.2) is 0 Å². The van der Waals surface area contributed by atoms with Crippen molar-refractivity contribution in [3.8, 4) is 0 Å². The number of allylic oxidation sites excluding steroid dienone is 2. The van der Waals surface area contributed by atoms with E-state index in [0.717, 1.165) is 37.7 Å². The lowest BCUT2D eigenvalue weighted by atomic mass is 9.86. The lowest BCUT2D eigenvalue weighted by molar-refractivity contribution is -0.190. The summed E-state index contributed by atoms with van der Waals surface area (Å²) in [4.78, 5) is 35.9. The van der Waals surface area contributed by atoms with Gasteiger partial charge in [-0.1, -0.05) is 75.1 Å². The number of rotatable bonds is 16. The number of unbranched alkanes of at least 4 members (excludes halogenated alkanes) is 3. The summed E-state index contributed by atoms with van der Waals surface area (Å²) in [6.45, 7) is 4.11. The van der Waals surface area contributed by atoms with Gasteiger partial charge in [-0.05, 0) is 31.7 Å². The lowest BCUT2D eigenvalue weighted by Crippen LogP contribution is -2.48. The lowest BCUT2D eigenvalue weighted by Gasteiger charge is -2.37. The third-order valence-corrected chi connectivity index (χ3v) is 5.89. The highest BCUT2D eigenvalue weighted by atomic mass is 16.6. The summed E-state index contributed by atoms with van der Waals surface area (Å²) in [6, 6.07) is 8.75. The number of hydrogen-bond donors (Lipinski definition) is 1. The van der Waals surface area contributed by atoms with Crippen molar-refractivity contribution in [3.63, 3.8) is 0 Å². The Morgan fingerprint density at radius 1 is 1.22 bits per heavy atom. The molecule has 0 unspecified atom stereocenters. The van der Waals surface area contributed by atoms with Crippen molar-refractivity contribution in [2.75, 3.05) is 0 Å². The van der Waals surface area contributed by atoms with Crippen molar-refractivity contribution in [1.82, 2.24) is 5.32 Å². The van der Waals surface area contributed by atoms with E-state index in [1.54, 1.807) is 0 Å². The average Bonchev–Trinajstić information content (AvgIpc) is 2.79. The molecule has 1 aromatic rings. The summed E-state index contributed by atoms with van der Waals surface area (Å²) in [5.41, 5.74) is 0.939. The average molecular weight is 444 g/mol. The highest BCUT2D eigenvalue weighted by Gasteiger charge is 2.43. The van der Waals surface area contributed by atoms with Gasteiger partial charge in [0, 0.05) is 12.8 Å². The summed E-state index contributed by atoms with van der Waals surface area (Å²) in [5, 5.41) is 2.59. The molecule has 2 rings (SSSR count). The molecule has 1 saturated heterocycles. The molecule has 1 aliphatic heterocycles. The maximum absolute atomic E-state index is 12.9. The summed E-state index contributed by atoms with van der Waals surface area (Å²) >= 11 is 0. The van der Waals surface area contributed by atoms with Gasteiger partial charge in [0.2, 0.25) is 6.41 Å². The van der Waals surface area contributed by atoms with E-state index >= 15 is 0 Å². The summed E-state index contributed by atoms with van der Waals surface area (Å²) in [6.07, 6.45) is 11.5. The second kappa shape index (κ2) is 14.4. The van der Waals surface area contributed by atoms with Crippen molar-refractivity contribution in [3.05, 3.63) is 48.0 Å². The van der Waals surface area contributed by atoms with Crippen LogP contribution < -0.4 is 5.32 Å². The molecule has 6 heteroatoms. The van der Waals surface area contributed by atoms with E-state index in [-0.39, 0.29) is 24.1 Å². The quantitative estimate of drug-likeness (QED) is 0.176. The van der Waals surface area contributed by atoms with Gasteiger partial charge in [-0.3, -0.25) is 9.59 Å². The van der Waals surface area contributed by atoms with Crippen LogP contribution in [0.25, 0.3) is 0 Å². The largest absolute Gasteiger partial charge is 0.461 e. The van der Waals surface area contributed by atoms with Crippen molar-refractivity contribution in [2.45, 2.75) is 89.9 Å². The molecule has 1 fully saturated rings. The Kier molecular flexibility index (Phi) is 11.6.